The monoisotopic (exact) mass is 444 g/mol. The van der Waals surface area contributed by atoms with Gasteiger partial charge in [0.2, 0.25) is 22.8 Å². The normalized spacial score (nSPS) is 18.4. The Hall–Kier alpha value is -4.18. The van der Waals surface area contributed by atoms with Crippen LogP contribution in [-0.4, -0.2) is 26.6 Å². The number of hydrogen-bond acceptors (Lipinski definition) is 2. The number of benzene rings is 4. The Morgan fingerprint density at radius 3 is 1.32 bits per heavy atom. The fourth-order valence-corrected chi connectivity index (χ4v) is 5.70. The summed E-state index contributed by atoms with van der Waals surface area (Å²) in [6.07, 6.45) is 0. The van der Waals surface area contributed by atoms with Crippen molar-refractivity contribution in [3.8, 4) is 11.5 Å². The van der Waals surface area contributed by atoms with Gasteiger partial charge in [-0.05, 0) is 47.3 Å². The predicted molar refractivity (Wildman–Crippen MR) is 132 cm³/mol. The summed E-state index contributed by atoms with van der Waals surface area (Å²) in [5, 5.41) is 0. The maximum Gasteiger partial charge on any atom is 0.715 e. The molecule has 3 aliphatic heterocycles. The molecule has 0 atom stereocenters. The van der Waals surface area contributed by atoms with Crippen LogP contribution in [0.5, 0.6) is 11.5 Å². The summed E-state index contributed by atoms with van der Waals surface area (Å²) in [6, 6.07) is 36.1. The summed E-state index contributed by atoms with van der Waals surface area (Å²) in [6.45, 7) is 4.61. The van der Waals surface area contributed by atoms with Crippen LogP contribution in [0.2, 0.25) is 0 Å². The van der Waals surface area contributed by atoms with E-state index in [4.69, 9.17) is 9.47 Å². The second kappa shape index (κ2) is 6.67. The molecule has 164 valence electrons. The highest BCUT2D eigenvalue weighted by Gasteiger charge is 2.75. The van der Waals surface area contributed by atoms with Gasteiger partial charge in [-0.25, -0.2) is 0 Å². The van der Waals surface area contributed by atoms with Gasteiger partial charge in [0.15, 0.2) is 11.5 Å². The molecule has 0 aromatic heterocycles. The van der Waals surface area contributed by atoms with Gasteiger partial charge < -0.3 is 9.47 Å². The molecule has 0 saturated heterocycles. The van der Waals surface area contributed by atoms with Crippen LogP contribution in [0.3, 0.4) is 0 Å². The highest BCUT2D eigenvalue weighted by molar-refractivity contribution is 6.22. The first kappa shape index (κ1) is 19.3. The third kappa shape index (κ3) is 2.37. The van der Waals surface area contributed by atoms with E-state index in [1.54, 1.807) is 0 Å². The Balaban J connectivity index is 1.69. The third-order valence-corrected chi connectivity index (χ3v) is 7.00. The quantitative estimate of drug-likeness (QED) is 0.350. The molecule has 34 heavy (non-hydrogen) atoms. The standard InChI is InChI=1S/C30H24N2O2/c1-29(2)27-23-17-9-11-19-25(23)33-30(31(27)21-13-5-3-6-14-21)32(22-15-7-4-8-16-22)28(29)24-18-10-12-20-26(24)34-30/h3-20H,1-2H3/q+2. The molecule has 3 heterocycles. The van der Waals surface area contributed by atoms with Crippen LogP contribution in [0.4, 0.5) is 11.4 Å². The van der Waals surface area contributed by atoms with Crippen molar-refractivity contribution in [3.05, 3.63) is 120 Å². The summed E-state index contributed by atoms with van der Waals surface area (Å²) in [4.78, 5) is 0. The number of fused-ring (bicyclic) bond motifs is 4. The molecule has 4 heteroatoms. The molecule has 0 aliphatic carbocycles. The van der Waals surface area contributed by atoms with Crippen LogP contribution < -0.4 is 9.47 Å². The average Bonchev–Trinajstić information content (AvgIpc) is 2.87. The third-order valence-electron chi connectivity index (χ3n) is 7.00. The zero-order chi connectivity index (χ0) is 22.9. The van der Waals surface area contributed by atoms with Crippen molar-refractivity contribution in [1.29, 1.82) is 0 Å². The van der Waals surface area contributed by atoms with Gasteiger partial charge >= 0.3 is 6.03 Å². The molecule has 4 nitrogen and oxygen atoms in total. The topological polar surface area (TPSA) is 24.5 Å². The molecule has 1 spiro atoms. The number of rotatable bonds is 2. The van der Waals surface area contributed by atoms with E-state index in [-0.39, 0.29) is 5.41 Å². The molecule has 3 bridgehead atoms. The molecule has 3 aliphatic rings. The van der Waals surface area contributed by atoms with E-state index >= 15 is 0 Å². The Bertz CT molecular complexity index is 1400. The fourth-order valence-electron chi connectivity index (χ4n) is 5.70. The maximum atomic E-state index is 6.93. The Kier molecular flexibility index (Phi) is 3.79. The van der Waals surface area contributed by atoms with Crippen LogP contribution in [0.1, 0.15) is 25.0 Å². The molecule has 0 fully saturated rings. The summed E-state index contributed by atoms with van der Waals surface area (Å²) in [7, 11) is 0. The van der Waals surface area contributed by atoms with Gasteiger partial charge in [0.1, 0.15) is 5.41 Å². The minimum Gasteiger partial charge on any atom is -0.340 e. The van der Waals surface area contributed by atoms with Crippen LogP contribution in [0.25, 0.3) is 0 Å². The zero-order valence-electron chi connectivity index (χ0n) is 19.1. The average molecular weight is 445 g/mol. The van der Waals surface area contributed by atoms with Crippen molar-refractivity contribution in [3.63, 3.8) is 0 Å². The Morgan fingerprint density at radius 2 is 0.882 bits per heavy atom. The Morgan fingerprint density at radius 1 is 0.500 bits per heavy atom. The highest BCUT2D eigenvalue weighted by atomic mass is 16.7. The van der Waals surface area contributed by atoms with Gasteiger partial charge in [0.05, 0.1) is 11.1 Å². The molecule has 0 saturated carbocycles. The van der Waals surface area contributed by atoms with Crippen molar-refractivity contribution in [1.82, 2.24) is 0 Å². The predicted octanol–water partition coefficient (Wildman–Crippen LogP) is 6.09. The number of hydrogen-bond donors (Lipinski definition) is 0. The van der Waals surface area contributed by atoms with Crippen molar-refractivity contribution in [2.45, 2.75) is 19.9 Å². The van der Waals surface area contributed by atoms with Crippen LogP contribution >= 0.6 is 0 Å². The smallest absolute Gasteiger partial charge is 0.340 e. The summed E-state index contributed by atoms with van der Waals surface area (Å²) < 4.78 is 18.3. The minimum atomic E-state index is -1.24. The largest absolute Gasteiger partial charge is 0.715 e. The molecular formula is C30H24N2O2+2. The summed E-state index contributed by atoms with van der Waals surface area (Å²) in [5.41, 5.74) is 6.16. The lowest BCUT2D eigenvalue weighted by Gasteiger charge is -2.42. The molecule has 0 unspecified atom stereocenters. The summed E-state index contributed by atoms with van der Waals surface area (Å²) in [5.74, 6) is 1.63. The first-order valence-corrected chi connectivity index (χ1v) is 11.6. The first-order chi connectivity index (χ1) is 16.6. The second-order valence-corrected chi connectivity index (χ2v) is 9.41. The van der Waals surface area contributed by atoms with Crippen molar-refractivity contribution in [2.24, 2.45) is 5.41 Å². The molecule has 4 aromatic carbocycles. The van der Waals surface area contributed by atoms with Gasteiger partial charge in [-0.2, -0.15) is 0 Å². The van der Waals surface area contributed by atoms with E-state index in [0.29, 0.717) is 0 Å². The zero-order valence-corrected chi connectivity index (χ0v) is 19.1. The van der Waals surface area contributed by atoms with Gasteiger partial charge in [0.25, 0.3) is 0 Å². The van der Waals surface area contributed by atoms with Gasteiger partial charge in [0, 0.05) is 24.3 Å². The molecule has 4 aromatic rings. The minimum absolute atomic E-state index is 0.366. The number of nitrogens with zero attached hydrogens (tertiary/aromatic N) is 2. The first-order valence-electron chi connectivity index (χ1n) is 11.6. The van der Waals surface area contributed by atoms with E-state index in [1.807, 2.05) is 36.4 Å². The molecule has 0 amide bonds. The molecule has 7 rings (SSSR count). The van der Waals surface area contributed by atoms with Crippen molar-refractivity contribution in [2.75, 3.05) is 0 Å². The summed E-state index contributed by atoms with van der Waals surface area (Å²) >= 11 is 0. The van der Waals surface area contributed by atoms with Crippen LogP contribution in [0.15, 0.2) is 109 Å². The molecular weight excluding hydrogens is 420 g/mol. The van der Waals surface area contributed by atoms with Gasteiger partial charge in [-0.1, -0.05) is 60.7 Å². The second-order valence-electron chi connectivity index (χ2n) is 9.41. The molecule has 0 radical (unpaired) electrons. The number of para-hydroxylation sites is 4. The van der Waals surface area contributed by atoms with Crippen molar-refractivity contribution < 1.29 is 18.6 Å². The van der Waals surface area contributed by atoms with E-state index in [2.05, 4.69) is 95.8 Å². The SMILES string of the molecule is CC1(C)C2=[N+](c3ccccc3)C3(Oc4ccccc42)Oc2ccccc2C1=[N+]3c1ccccc1. The lowest BCUT2D eigenvalue weighted by atomic mass is 9.73. The number of ether oxygens (including phenoxy) is 2. The van der Waals surface area contributed by atoms with Crippen LogP contribution in [0, 0.1) is 5.41 Å². The lowest BCUT2D eigenvalue weighted by Crippen LogP contribution is -2.71. The molecule has 0 N–H and O–H groups in total. The van der Waals surface area contributed by atoms with Crippen LogP contribution in [-0.2, 0) is 0 Å². The van der Waals surface area contributed by atoms with E-state index in [9.17, 15) is 0 Å². The fraction of sp³-hybridized carbons (Fsp3) is 0.133. The maximum absolute atomic E-state index is 6.93. The van der Waals surface area contributed by atoms with Gasteiger partial charge in [-0.3, -0.25) is 0 Å². The van der Waals surface area contributed by atoms with E-state index in [1.165, 1.54) is 0 Å². The van der Waals surface area contributed by atoms with Crippen molar-refractivity contribution >= 4 is 22.8 Å². The lowest BCUT2D eigenvalue weighted by molar-refractivity contribution is -0.864. The Labute approximate surface area is 198 Å². The van der Waals surface area contributed by atoms with Gasteiger partial charge in [-0.15, -0.1) is 0 Å². The van der Waals surface area contributed by atoms with E-state index in [0.717, 1.165) is 45.4 Å². The van der Waals surface area contributed by atoms with E-state index < -0.39 is 6.03 Å². The highest BCUT2D eigenvalue weighted by Crippen LogP contribution is 2.51.